The molecule has 2 rings (SSSR count). The van der Waals surface area contributed by atoms with E-state index in [9.17, 15) is 5.11 Å². The SMILES string of the molecule is CC.CC(C)c1cc2c(o1)CC(C(C)C)CC2O. The van der Waals surface area contributed by atoms with E-state index in [-0.39, 0.29) is 6.10 Å². The van der Waals surface area contributed by atoms with E-state index in [2.05, 4.69) is 27.7 Å². The van der Waals surface area contributed by atoms with Gasteiger partial charge < -0.3 is 9.52 Å². The molecule has 1 heterocycles. The number of fused-ring (bicyclic) bond motifs is 1. The second-order valence-corrected chi connectivity index (χ2v) is 5.64. The fourth-order valence-corrected chi connectivity index (χ4v) is 2.43. The van der Waals surface area contributed by atoms with Gasteiger partial charge in [0, 0.05) is 17.9 Å². The lowest BCUT2D eigenvalue weighted by Crippen LogP contribution is -2.21. The minimum Gasteiger partial charge on any atom is -0.465 e. The van der Waals surface area contributed by atoms with Gasteiger partial charge in [0.05, 0.1) is 6.10 Å². The van der Waals surface area contributed by atoms with E-state index in [4.69, 9.17) is 4.42 Å². The first kappa shape index (κ1) is 15.3. The zero-order valence-corrected chi connectivity index (χ0v) is 12.7. The molecule has 2 nitrogen and oxygen atoms in total. The lowest BCUT2D eigenvalue weighted by atomic mass is 9.80. The number of aliphatic hydroxyl groups excluding tert-OH is 1. The summed E-state index contributed by atoms with van der Waals surface area (Å²) in [5, 5.41) is 10.1. The van der Waals surface area contributed by atoms with Crippen LogP contribution >= 0.6 is 0 Å². The van der Waals surface area contributed by atoms with Gasteiger partial charge in [0.2, 0.25) is 0 Å². The molecule has 104 valence electrons. The fraction of sp³-hybridized carbons (Fsp3) is 0.750. The summed E-state index contributed by atoms with van der Waals surface area (Å²) in [6.07, 6.45) is 1.53. The van der Waals surface area contributed by atoms with Gasteiger partial charge in [0.25, 0.3) is 0 Å². The molecule has 0 fully saturated rings. The summed E-state index contributed by atoms with van der Waals surface area (Å²) < 4.78 is 5.86. The van der Waals surface area contributed by atoms with Crippen molar-refractivity contribution >= 4 is 0 Å². The maximum atomic E-state index is 10.1. The van der Waals surface area contributed by atoms with E-state index >= 15 is 0 Å². The van der Waals surface area contributed by atoms with Gasteiger partial charge in [-0.2, -0.15) is 0 Å². The highest BCUT2D eigenvalue weighted by Gasteiger charge is 2.30. The van der Waals surface area contributed by atoms with Crippen LogP contribution in [0.1, 0.15) is 77.1 Å². The molecule has 0 spiro atoms. The molecule has 1 aliphatic carbocycles. The third kappa shape index (κ3) is 3.17. The van der Waals surface area contributed by atoms with Gasteiger partial charge in [-0.05, 0) is 24.3 Å². The van der Waals surface area contributed by atoms with Crippen LogP contribution in [0.5, 0.6) is 0 Å². The first-order valence-corrected chi connectivity index (χ1v) is 7.29. The summed E-state index contributed by atoms with van der Waals surface area (Å²) >= 11 is 0. The summed E-state index contributed by atoms with van der Waals surface area (Å²) in [5.74, 6) is 3.58. The average Bonchev–Trinajstić information content (AvgIpc) is 2.76. The van der Waals surface area contributed by atoms with Crippen LogP contribution in [0.15, 0.2) is 10.5 Å². The molecule has 1 N–H and O–H groups in total. The summed E-state index contributed by atoms with van der Waals surface area (Å²) in [7, 11) is 0. The number of hydrogen-bond acceptors (Lipinski definition) is 2. The first-order valence-electron chi connectivity index (χ1n) is 7.29. The Morgan fingerprint density at radius 2 is 1.83 bits per heavy atom. The van der Waals surface area contributed by atoms with E-state index in [1.54, 1.807) is 0 Å². The van der Waals surface area contributed by atoms with E-state index in [1.807, 2.05) is 19.9 Å². The Bertz CT molecular complexity index is 363. The van der Waals surface area contributed by atoms with Crippen LogP contribution in [-0.2, 0) is 6.42 Å². The normalized spacial score (nSPS) is 22.7. The van der Waals surface area contributed by atoms with Gasteiger partial charge in [-0.15, -0.1) is 0 Å². The van der Waals surface area contributed by atoms with Crippen LogP contribution in [0.3, 0.4) is 0 Å². The average molecular weight is 252 g/mol. The van der Waals surface area contributed by atoms with Crippen molar-refractivity contribution in [1.29, 1.82) is 0 Å². The predicted molar refractivity (Wildman–Crippen MR) is 75.8 cm³/mol. The molecular formula is C16H28O2. The Labute approximate surface area is 111 Å². The van der Waals surface area contributed by atoms with E-state index in [0.717, 1.165) is 29.9 Å². The van der Waals surface area contributed by atoms with Crippen molar-refractivity contribution in [1.82, 2.24) is 0 Å². The van der Waals surface area contributed by atoms with Crippen molar-refractivity contribution in [3.63, 3.8) is 0 Å². The maximum absolute atomic E-state index is 10.1. The van der Waals surface area contributed by atoms with Crippen LogP contribution in [0.2, 0.25) is 0 Å². The lowest BCUT2D eigenvalue weighted by Gasteiger charge is -2.27. The Morgan fingerprint density at radius 1 is 1.22 bits per heavy atom. The Balaban J connectivity index is 0.000000771. The molecule has 0 bridgehead atoms. The lowest BCUT2D eigenvalue weighted by molar-refractivity contribution is 0.111. The quantitative estimate of drug-likeness (QED) is 0.829. The summed E-state index contributed by atoms with van der Waals surface area (Å²) in [6.45, 7) is 12.7. The fourth-order valence-electron chi connectivity index (χ4n) is 2.43. The monoisotopic (exact) mass is 252 g/mol. The molecular weight excluding hydrogens is 224 g/mol. The predicted octanol–water partition coefficient (Wildman–Crippen LogP) is 4.68. The molecule has 0 aliphatic heterocycles. The van der Waals surface area contributed by atoms with E-state index in [0.29, 0.717) is 17.8 Å². The highest BCUT2D eigenvalue weighted by atomic mass is 16.3. The summed E-state index contributed by atoms with van der Waals surface area (Å²) in [6, 6.07) is 2.04. The molecule has 0 radical (unpaired) electrons. The molecule has 2 heteroatoms. The summed E-state index contributed by atoms with van der Waals surface area (Å²) in [4.78, 5) is 0. The molecule has 2 atom stereocenters. The largest absolute Gasteiger partial charge is 0.465 e. The van der Waals surface area contributed by atoms with Gasteiger partial charge in [-0.1, -0.05) is 41.5 Å². The van der Waals surface area contributed by atoms with Crippen molar-refractivity contribution < 1.29 is 9.52 Å². The molecule has 0 amide bonds. The van der Waals surface area contributed by atoms with Gasteiger partial charge in [0.15, 0.2) is 0 Å². The molecule has 0 saturated carbocycles. The second kappa shape index (κ2) is 6.42. The van der Waals surface area contributed by atoms with Crippen LogP contribution in [-0.4, -0.2) is 5.11 Å². The molecule has 1 aromatic rings. The summed E-state index contributed by atoms with van der Waals surface area (Å²) in [5.41, 5.74) is 1.03. The van der Waals surface area contributed by atoms with E-state index < -0.39 is 0 Å². The van der Waals surface area contributed by atoms with E-state index in [1.165, 1.54) is 0 Å². The van der Waals surface area contributed by atoms with Crippen LogP contribution in [0, 0.1) is 11.8 Å². The van der Waals surface area contributed by atoms with Crippen LogP contribution in [0.25, 0.3) is 0 Å². The maximum Gasteiger partial charge on any atom is 0.110 e. The van der Waals surface area contributed by atoms with Gasteiger partial charge in [-0.3, -0.25) is 0 Å². The molecule has 18 heavy (non-hydrogen) atoms. The minimum atomic E-state index is -0.326. The third-order valence-electron chi connectivity index (χ3n) is 3.71. The Hall–Kier alpha value is -0.760. The second-order valence-electron chi connectivity index (χ2n) is 5.64. The standard InChI is InChI=1S/C14H22O2.C2H6/c1-8(2)10-5-12(15)11-7-13(9(3)4)16-14(11)6-10;1-2/h7-10,12,15H,5-6H2,1-4H3;1-2H3. The zero-order chi connectivity index (χ0) is 13.9. The highest BCUT2D eigenvalue weighted by molar-refractivity contribution is 5.28. The molecule has 1 aliphatic rings. The molecule has 2 unspecified atom stereocenters. The first-order chi connectivity index (χ1) is 8.49. The van der Waals surface area contributed by atoms with Gasteiger partial charge >= 0.3 is 0 Å². The Kier molecular flexibility index (Phi) is 5.46. The van der Waals surface area contributed by atoms with Gasteiger partial charge in [-0.25, -0.2) is 0 Å². The smallest absolute Gasteiger partial charge is 0.110 e. The minimum absolute atomic E-state index is 0.326. The Morgan fingerprint density at radius 3 is 2.33 bits per heavy atom. The number of aliphatic hydroxyl groups is 1. The zero-order valence-electron chi connectivity index (χ0n) is 12.7. The topological polar surface area (TPSA) is 33.4 Å². The van der Waals surface area contributed by atoms with Crippen molar-refractivity contribution in [3.05, 3.63) is 23.2 Å². The molecule has 0 saturated heterocycles. The third-order valence-corrected chi connectivity index (χ3v) is 3.71. The number of furan rings is 1. The molecule has 0 aromatic carbocycles. The van der Waals surface area contributed by atoms with Crippen molar-refractivity contribution in [2.45, 2.75) is 66.4 Å². The van der Waals surface area contributed by atoms with Crippen molar-refractivity contribution in [2.24, 2.45) is 11.8 Å². The number of hydrogen-bond donors (Lipinski definition) is 1. The highest BCUT2D eigenvalue weighted by Crippen LogP contribution is 2.39. The number of rotatable bonds is 2. The van der Waals surface area contributed by atoms with Crippen LogP contribution < -0.4 is 0 Å². The van der Waals surface area contributed by atoms with Gasteiger partial charge in [0.1, 0.15) is 11.5 Å². The van der Waals surface area contributed by atoms with Crippen LogP contribution in [0.4, 0.5) is 0 Å². The van der Waals surface area contributed by atoms with Crippen molar-refractivity contribution in [2.75, 3.05) is 0 Å². The molecule has 1 aromatic heterocycles. The van der Waals surface area contributed by atoms with Crippen molar-refractivity contribution in [3.8, 4) is 0 Å².